The van der Waals surface area contributed by atoms with Gasteiger partial charge in [0.2, 0.25) is 0 Å². The van der Waals surface area contributed by atoms with Gasteiger partial charge in [0.25, 0.3) is 11.4 Å². The van der Waals surface area contributed by atoms with Gasteiger partial charge in [-0.25, -0.2) is 4.79 Å². The monoisotopic (exact) mass is 166 g/mol. The predicted octanol–water partition coefficient (Wildman–Crippen LogP) is -1.94. The molecule has 0 aromatic carbocycles. The maximum absolute atomic E-state index is 9.00. The molecule has 0 aliphatic heterocycles. The Morgan fingerprint density at radius 2 is 1.33 bits per heavy atom. The third-order valence-corrected chi connectivity index (χ3v) is 0. The summed E-state index contributed by atoms with van der Waals surface area (Å²) in [6, 6.07) is -0.833. The molecule has 0 unspecified atom stereocenters. The van der Waals surface area contributed by atoms with E-state index in [-0.39, 0.29) is 29.6 Å². The zero-order chi connectivity index (χ0) is 7.15. The normalized spacial score (nSPS) is 6.56. The van der Waals surface area contributed by atoms with Crippen LogP contribution in [0.15, 0.2) is 0 Å². The fourth-order valence-electron chi connectivity index (χ4n) is 0. The number of urea groups is 1. The number of carbonyl (C=O) groups excluding carboxylic acids is 1. The molecule has 0 aliphatic rings. The minimum atomic E-state index is -2.61. The molecule has 6 nitrogen and oxygen atoms in total. The molecule has 0 fully saturated rings. The molecular weight excluding hydrogens is 159 g/mol. The standard InChI is InChI=1S/CH4N2O.Na.H2O3S.H/c2-1(3)4;;1-4(2)3;/h(H4,2,3,4);;(H2,1,2,3);. The predicted molar refractivity (Wildman–Crippen MR) is 34.3 cm³/mol. The summed E-state index contributed by atoms with van der Waals surface area (Å²) in [5, 5.41) is 0. The Morgan fingerprint density at radius 3 is 1.33 bits per heavy atom. The molecule has 8 heteroatoms. The summed E-state index contributed by atoms with van der Waals surface area (Å²) in [5.74, 6) is 0. The van der Waals surface area contributed by atoms with Gasteiger partial charge in [-0.05, 0) is 0 Å². The van der Waals surface area contributed by atoms with Crippen LogP contribution >= 0.6 is 0 Å². The number of nitrogens with two attached hydrogens (primary N) is 2. The number of amides is 2. The Morgan fingerprint density at radius 1 is 1.33 bits per heavy atom. The zero-order valence-corrected chi connectivity index (χ0v) is 4.59. The van der Waals surface area contributed by atoms with E-state index in [1.54, 1.807) is 0 Å². The van der Waals surface area contributed by atoms with Crippen molar-refractivity contribution >= 4 is 46.9 Å². The fourth-order valence-corrected chi connectivity index (χ4v) is 0. The molecule has 0 spiro atoms. The topological polar surface area (TPSA) is 127 Å². The Hall–Kier alpha value is 0.340. The second kappa shape index (κ2) is 11.2. The number of primary amides is 2. The maximum atomic E-state index is 9.00. The van der Waals surface area contributed by atoms with E-state index in [2.05, 4.69) is 11.5 Å². The Bertz CT molecular complexity index is 76.6. The van der Waals surface area contributed by atoms with Crippen molar-refractivity contribution in [2.45, 2.75) is 0 Å². The van der Waals surface area contributed by atoms with Crippen LogP contribution in [0.25, 0.3) is 0 Å². The van der Waals surface area contributed by atoms with E-state index in [0.717, 1.165) is 0 Å². The van der Waals surface area contributed by atoms with E-state index >= 15 is 0 Å². The van der Waals surface area contributed by atoms with Gasteiger partial charge < -0.3 is 11.5 Å². The van der Waals surface area contributed by atoms with Crippen molar-refractivity contribution in [1.29, 1.82) is 0 Å². The van der Waals surface area contributed by atoms with Gasteiger partial charge in [-0.1, -0.05) is 0 Å². The van der Waals surface area contributed by atoms with Crippen LogP contribution in [0.3, 0.4) is 0 Å². The average molecular weight is 166 g/mol. The van der Waals surface area contributed by atoms with Crippen LogP contribution in [0.1, 0.15) is 0 Å². The molecule has 0 saturated carbocycles. The van der Waals surface area contributed by atoms with Gasteiger partial charge in [0.15, 0.2) is 0 Å². The average Bonchev–Trinajstić information content (AvgIpc) is 1.25. The first kappa shape index (κ1) is 16.2. The van der Waals surface area contributed by atoms with E-state index in [1.165, 1.54) is 0 Å². The van der Waals surface area contributed by atoms with Crippen molar-refractivity contribution in [3.8, 4) is 0 Å². The van der Waals surface area contributed by atoms with Crippen molar-refractivity contribution in [3.63, 3.8) is 0 Å². The molecule has 6 N–H and O–H groups in total. The van der Waals surface area contributed by atoms with E-state index in [0.29, 0.717) is 0 Å². The molecule has 0 rings (SSSR count). The molecule has 0 saturated heterocycles. The number of hydrogen-bond donors (Lipinski definition) is 4. The molecule has 0 radical (unpaired) electrons. The molecule has 0 atom stereocenters. The summed E-state index contributed by atoms with van der Waals surface area (Å²) in [4.78, 5) is 9.00. The van der Waals surface area contributed by atoms with Crippen LogP contribution in [-0.2, 0) is 11.4 Å². The summed E-state index contributed by atoms with van der Waals surface area (Å²) < 4.78 is 22.8. The minimum absolute atomic E-state index is 0. The molecule has 0 heterocycles. The van der Waals surface area contributed by atoms with E-state index < -0.39 is 17.4 Å². The van der Waals surface area contributed by atoms with Crippen molar-refractivity contribution < 1.29 is 18.1 Å². The van der Waals surface area contributed by atoms with Gasteiger partial charge in [-0.15, -0.1) is 0 Å². The van der Waals surface area contributed by atoms with Gasteiger partial charge in [-0.2, -0.15) is 4.21 Å². The first-order chi connectivity index (χ1) is 3.46. The molecule has 0 bridgehead atoms. The van der Waals surface area contributed by atoms with Crippen LogP contribution in [0.5, 0.6) is 0 Å². The van der Waals surface area contributed by atoms with Gasteiger partial charge in [0.05, 0.1) is 0 Å². The van der Waals surface area contributed by atoms with Crippen LogP contribution in [0.2, 0.25) is 0 Å². The molecule has 0 aromatic rings. The molecular formula is CH7N2NaO4S. The first-order valence-electron chi connectivity index (χ1n) is 1.31. The summed E-state index contributed by atoms with van der Waals surface area (Å²) in [6.07, 6.45) is 0. The number of rotatable bonds is 0. The zero-order valence-electron chi connectivity index (χ0n) is 3.77. The van der Waals surface area contributed by atoms with Crippen LogP contribution in [0, 0.1) is 0 Å². The van der Waals surface area contributed by atoms with E-state index in [9.17, 15) is 0 Å². The number of carbonyl (C=O) groups is 1. The second-order valence-electron chi connectivity index (χ2n) is 0.633. The van der Waals surface area contributed by atoms with Crippen LogP contribution < -0.4 is 11.5 Å². The third kappa shape index (κ3) is 2900. The summed E-state index contributed by atoms with van der Waals surface area (Å²) in [6.45, 7) is 0. The Labute approximate surface area is 76.4 Å². The molecule has 9 heavy (non-hydrogen) atoms. The van der Waals surface area contributed by atoms with Crippen molar-refractivity contribution in [2.75, 3.05) is 0 Å². The molecule has 2 amide bonds. The molecule has 0 aromatic heterocycles. The Balaban J connectivity index is -0.0000000720. The second-order valence-corrected chi connectivity index (χ2v) is 1.09. The first-order valence-corrected chi connectivity index (χ1v) is 2.38. The molecule has 0 aliphatic carbocycles. The third-order valence-electron chi connectivity index (χ3n) is 0. The summed E-state index contributed by atoms with van der Waals surface area (Å²) in [5.41, 5.74) is 8.50. The van der Waals surface area contributed by atoms with Gasteiger partial charge in [-0.3, -0.25) is 9.11 Å². The van der Waals surface area contributed by atoms with Gasteiger partial charge in [0.1, 0.15) is 0 Å². The van der Waals surface area contributed by atoms with Gasteiger partial charge >= 0.3 is 35.6 Å². The SMILES string of the molecule is NC(N)=O.O=S(O)O.[NaH]. The van der Waals surface area contributed by atoms with Crippen LogP contribution in [-0.4, -0.2) is 48.9 Å². The van der Waals surface area contributed by atoms with Crippen molar-refractivity contribution in [1.82, 2.24) is 0 Å². The van der Waals surface area contributed by atoms with Crippen molar-refractivity contribution in [2.24, 2.45) is 11.5 Å². The fraction of sp³-hybridized carbons (Fsp3) is 0. The van der Waals surface area contributed by atoms with E-state index in [4.69, 9.17) is 18.1 Å². The Kier molecular flexibility index (Phi) is 20.1. The summed E-state index contributed by atoms with van der Waals surface area (Å²) >= 11 is -2.61. The molecule has 52 valence electrons. The number of hydrogen-bond acceptors (Lipinski definition) is 2. The quantitative estimate of drug-likeness (QED) is 0.246. The summed E-state index contributed by atoms with van der Waals surface area (Å²) in [7, 11) is 0. The van der Waals surface area contributed by atoms with Gasteiger partial charge in [0, 0.05) is 0 Å². The van der Waals surface area contributed by atoms with E-state index in [1.807, 2.05) is 0 Å². The van der Waals surface area contributed by atoms with Crippen LogP contribution in [0.4, 0.5) is 4.79 Å². The van der Waals surface area contributed by atoms with Crippen molar-refractivity contribution in [3.05, 3.63) is 0 Å².